The fraction of sp³-hybridized carbons (Fsp3) is 0. The predicted molar refractivity (Wildman–Crippen MR) is 12.8 cm³/mol. The van der Waals surface area contributed by atoms with Crippen LogP contribution >= 0.6 is 0 Å². The standard InChI is InChI=1S/2CH3.7Y/h2*1H3;;;;;;;/q2*-1;;;;;;;. The van der Waals surface area contributed by atoms with Crippen LogP contribution in [0.5, 0.6) is 0 Å². The Morgan fingerprint density at radius 1 is 0.222 bits per heavy atom. The maximum absolute atomic E-state index is 0. The van der Waals surface area contributed by atoms with Gasteiger partial charge in [-0.25, -0.2) is 0 Å². The van der Waals surface area contributed by atoms with Gasteiger partial charge in [0.1, 0.15) is 0 Å². The molecule has 0 saturated carbocycles. The van der Waals surface area contributed by atoms with E-state index >= 15 is 0 Å². The van der Waals surface area contributed by atoms with E-state index in [-0.39, 0.29) is 244 Å². The van der Waals surface area contributed by atoms with Crippen LogP contribution in [0.25, 0.3) is 0 Å². The summed E-state index contributed by atoms with van der Waals surface area (Å²) in [5, 5.41) is 0. The van der Waals surface area contributed by atoms with Gasteiger partial charge in [-0.3, -0.25) is 0 Å². The first-order chi connectivity index (χ1) is 0. The zero-order chi connectivity index (χ0) is 0. The molecule has 0 rings (SSSR count). The van der Waals surface area contributed by atoms with Crippen LogP contribution in [0.2, 0.25) is 0 Å². The first-order valence-corrected chi connectivity index (χ1v) is 0. The Kier molecular flexibility index (Phi) is 440. The second-order valence-corrected chi connectivity index (χ2v) is 0. The van der Waals surface area contributed by atoms with Crippen molar-refractivity contribution >= 4 is 0 Å². The normalized spacial score (nSPS) is 0. The van der Waals surface area contributed by atoms with Crippen LogP contribution in [-0.2, 0) is 229 Å². The van der Waals surface area contributed by atoms with Crippen molar-refractivity contribution in [3.8, 4) is 0 Å². The summed E-state index contributed by atoms with van der Waals surface area (Å²) >= 11 is 0. The molecule has 9 heavy (non-hydrogen) atoms. The molecule has 0 atom stereocenters. The van der Waals surface area contributed by atoms with E-state index in [0.29, 0.717) is 0 Å². The van der Waals surface area contributed by atoms with Crippen molar-refractivity contribution in [1.82, 2.24) is 0 Å². The van der Waals surface area contributed by atoms with Crippen LogP contribution in [-0.4, -0.2) is 0 Å². The predicted octanol–water partition coefficient (Wildman–Crippen LogP) is 0.883. The monoisotopic (exact) mass is 652 g/mol. The Morgan fingerprint density at radius 3 is 0.222 bits per heavy atom. The molecule has 0 spiro atoms. The minimum atomic E-state index is 0. The maximum atomic E-state index is 0. The Bertz CT molecular complexity index is 6.88. The van der Waals surface area contributed by atoms with Crippen LogP contribution in [0.3, 0.4) is 0 Å². The third-order valence-electron chi connectivity index (χ3n) is 0. The van der Waals surface area contributed by atoms with Crippen LogP contribution in [0.1, 0.15) is 0 Å². The molecule has 0 aliphatic rings. The van der Waals surface area contributed by atoms with E-state index in [1.54, 1.807) is 0 Å². The van der Waals surface area contributed by atoms with E-state index in [1.807, 2.05) is 0 Å². The maximum Gasteiger partial charge on any atom is 0 e. The van der Waals surface area contributed by atoms with Crippen LogP contribution in [0.4, 0.5) is 0 Å². The fourth-order valence-electron chi connectivity index (χ4n) is 0. The minimum absolute atomic E-state index is 0. The van der Waals surface area contributed by atoms with Crippen molar-refractivity contribution in [3.63, 3.8) is 0 Å². The summed E-state index contributed by atoms with van der Waals surface area (Å²) in [5.41, 5.74) is 0. The molecule has 0 aliphatic heterocycles. The second kappa shape index (κ2) is 57.1. The molecule has 0 fully saturated rings. The molecule has 0 saturated heterocycles. The molecule has 0 unspecified atom stereocenters. The molecule has 0 aliphatic carbocycles. The average molecular weight is 652 g/mol. The summed E-state index contributed by atoms with van der Waals surface area (Å²) in [7, 11) is 0. The number of hydrogen-bond acceptors (Lipinski definition) is 0. The summed E-state index contributed by atoms with van der Waals surface area (Å²) in [6.07, 6.45) is 0. The zero-order valence-corrected chi connectivity index (χ0v) is 25.9. The van der Waals surface area contributed by atoms with Gasteiger partial charge < -0.3 is 14.9 Å². The summed E-state index contributed by atoms with van der Waals surface area (Å²) in [6, 6.07) is 0. The minimum Gasteiger partial charge on any atom is -0.358 e. The number of rotatable bonds is 0. The van der Waals surface area contributed by atoms with E-state index in [0.717, 1.165) is 0 Å². The van der Waals surface area contributed by atoms with Crippen molar-refractivity contribution in [2.45, 2.75) is 0 Å². The second-order valence-electron chi connectivity index (χ2n) is 0. The summed E-state index contributed by atoms with van der Waals surface area (Å²) < 4.78 is 0. The first-order valence-electron chi connectivity index (χ1n) is 0. The molecular weight excluding hydrogens is 646 g/mol. The van der Waals surface area contributed by atoms with Gasteiger partial charge in [0.25, 0.3) is 0 Å². The van der Waals surface area contributed by atoms with Gasteiger partial charge in [-0.05, 0) is 0 Å². The Labute approximate surface area is 236 Å². The molecular formula is C2H6Y7-2. The molecule has 37 valence electrons. The Balaban J connectivity index is 0. The van der Waals surface area contributed by atoms with E-state index in [2.05, 4.69) is 0 Å². The molecule has 0 nitrogen and oxygen atoms in total. The van der Waals surface area contributed by atoms with E-state index in [9.17, 15) is 0 Å². The van der Waals surface area contributed by atoms with Gasteiger partial charge in [0.05, 0.1) is 0 Å². The largest absolute Gasteiger partial charge is 0.358 e. The third-order valence-corrected chi connectivity index (χ3v) is 0. The first kappa shape index (κ1) is 69.3. The van der Waals surface area contributed by atoms with Gasteiger partial charge in [-0.2, -0.15) is 0 Å². The number of hydrogen-bond donors (Lipinski definition) is 0. The third kappa shape index (κ3) is 49.6. The Hall–Kier alpha value is 7.73. The van der Waals surface area contributed by atoms with E-state index < -0.39 is 0 Å². The summed E-state index contributed by atoms with van der Waals surface area (Å²) in [4.78, 5) is 0. The molecule has 7 heteroatoms. The molecule has 7 radical (unpaired) electrons. The van der Waals surface area contributed by atoms with Gasteiger partial charge >= 0.3 is 0 Å². The van der Waals surface area contributed by atoms with Crippen molar-refractivity contribution in [2.75, 3.05) is 0 Å². The van der Waals surface area contributed by atoms with Gasteiger partial charge in [0.2, 0.25) is 0 Å². The van der Waals surface area contributed by atoms with Crippen LogP contribution in [0, 0.1) is 14.9 Å². The molecule has 0 aromatic carbocycles. The van der Waals surface area contributed by atoms with Gasteiger partial charge in [0.15, 0.2) is 0 Å². The average Bonchev–Trinajstić information content (AvgIpc) is 0. The van der Waals surface area contributed by atoms with E-state index in [1.165, 1.54) is 0 Å². The van der Waals surface area contributed by atoms with Crippen molar-refractivity contribution in [2.24, 2.45) is 0 Å². The van der Waals surface area contributed by atoms with Crippen molar-refractivity contribution in [1.29, 1.82) is 0 Å². The van der Waals surface area contributed by atoms with E-state index in [4.69, 9.17) is 0 Å². The molecule has 0 N–H and O–H groups in total. The van der Waals surface area contributed by atoms with Gasteiger partial charge in [0, 0.05) is 229 Å². The van der Waals surface area contributed by atoms with Gasteiger partial charge in [-0.15, -0.1) is 0 Å². The quantitative estimate of drug-likeness (QED) is 0.342. The smallest absolute Gasteiger partial charge is 0 e. The molecule has 0 aromatic heterocycles. The summed E-state index contributed by atoms with van der Waals surface area (Å²) in [5.74, 6) is 0. The molecule has 0 bridgehead atoms. The van der Waals surface area contributed by atoms with Crippen molar-refractivity contribution in [3.05, 3.63) is 14.9 Å². The fourth-order valence-corrected chi connectivity index (χ4v) is 0. The SMILES string of the molecule is [CH3-].[CH3-].[Y].[Y].[Y].[Y].[Y].[Y].[Y]. The van der Waals surface area contributed by atoms with Crippen LogP contribution in [0.15, 0.2) is 0 Å². The summed E-state index contributed by atoms with van der Waals surface area (Å²) in [6.45, 7) is 0. The van der Waals surface area contributed by atoms with Crippen LogP contribution < -0.4 is 0 Å². The zero-order valence-electron chi connectivity index (χ0n) is 6.04. The molecule has 0 heterocycles. The molecule has 0 amide bonds. The molecule has 0 aromatic rings. The topological polar surface area (TPSA) is 0 Å². The Morgan fingerprint density at radius 2 is 0.222 bits per heavy atom. The van der Waals surface area contributed by atoms with Crippen molar-refractivity contribution < 1.29 is 229 Å². The van der Waals surface area contributed by atoms with Gasteiger partial charge in [-0.1, -0.05) is 0 Å².